The van der Waals surface area contributed by atoms with Gasteiger partial charge in [0.05, 0.1) is 52.0 Å². The average Bonchev–Trinajstić information content (AvgIpc) is 3.90. The number of hydrogen-bond donors (Lipinski definition) is 6. The van der Waals surface area contributed by atoms with Gasteiger partial charge in [0.2, 0.25) is 6.79 Å². The van der Waals surface area contributed by atoms with Crippen molar-refractivity contribution in [2.24, 2.45) is 5.41 Å². The largest absolute Gasteiger partial charge is 0.505 e. The molecule has 5 aromatic rings. The normalized spacial score (nSPS) is 12.3. The zero-order valence-electron chi connectivity index (χ0n) is 31.1. The summed E-state index contributed by atoms with van der Waals surface area (Å²) >= 11 is 8.72. The molecule has 16 nitrogen and oxygen atoms in total. The van der Waals surface area contributed by atoms with Crippen molar-refractivity contribution in [3.05, 3.63) is 68.1 Å². The van der Waals surface area contributed by atoms with Crippen LogP contribution in [0.3, 0.4) is 0 Å². The van der Waals surface area contributed by atoms with Crippen molar-refractivity contribution in [2.75, 3.05) is 63.3 Å². The molecule has 1 aliphatic heterocycles. The van der Waals surface area contributed by atoms with E-state index in [1.165, 1.54) is 9.80 Å². The van der Waals surface area contributed by atoms with Crippen LogP contribution in [0.1, 0.15) is 53.1 Å². The van der Waals surface area contributed by atoms with Gasteiger partial charge in [-0.2, -0.15) is 17.5 Å². The molecular weight excluding hydrogens is 880 g/mol. The van der Waals surface area contributed by atoms with E-state index >= 15 is 0 Å². The molecule has 1 aliphatic rings. The highest BCUT2D eigenvalue weighted by atomic mass is 79.9. The lowest BCUT2D eigenvalue weighted by molar-refractivity contribution is 0.0816. The molecule has 1 atom stereocenters. The van der Waals surface area contributed by atoms with Gasteiger partial charge in [0, 0.05) is 44.2 Å². The van der Waals surface area contributed by atoms with Gasteiger partial charge in [-0.05, 0) is 79.2 Å². The Morgan fingerprint density at radius 3 is 1.71 bits per heavy atom. The number of phenolic OH excluding ortho intramolecular Hbond substituents is 2. The van der Waals surface area contributed by atoms with Gasteiger partial charge in [-0.1, -0.05) is 26.8 Å². The summed E-state index contributed by atoms with van der Waals surface area (Å²) in [6, 6.07) is 12.5. The Balaban J connectivity index is 0.000000237. The SMILES string of the molecule is CN(C)C(=O)c1c(Br)ccc(Nc2nsnc2N[C@@H](c2ccc3c(c2)OCO3)C(C)(C)C)c1O.CNc1nsnc1Nc1ccc(Br)c(C(=O)N(C)C)c1O. The maximum Gasteiger partial charge on any atom is 0.258 e. The minimum Gasteiger partial charge on any atom is -0.505 e. The Morgan fingerprint density at radius 2 is 1.22 bits per heavy atom. The predicted molar refractivity (Wildman–Crippen MR) is 222 cm³/mol. The fraction of sp³-hybridized carbons (Fsp3) is 0.314. The smallest absolute Gasteiger partial charge is 0.258 e. The summed E-state index contributed by atoms with van der Waals surface area (Å²) in [6.07, 6.45) is 0. The number of phenols is 2. The number of amides is 2. The van der Waals surface area contributed by atoms with Gasteiger partial charge in [-0.25, -0.2) is 0 Å². The summed E-state index contributed by atoms with van der Waals surface area (Å²) in [5.74, 6) is 2.54. The predicted octanol–water partition coefficient (Wildman–Crippen LogP) is 7.87. The highest BCUT2D eigenvalue weighted by Crippen LogP contribution is 2.43. The standard InChI is InChI=1S/C23H26BrN5O4S.C12H14BrN5O2S/c1-23(2,3)19(12-6-9-15-16(10-12)33-11-32-15)26-21-20(27-34-28-21)25-14-8-7-13(24)17(18(14)30)22(31)29(4)5;1-14-10-11(17-21-16-10)15-7-5-4-6(13)8(9(7)19)12(20)18(2)3/h6-10,19,30H,11H2,1-5H3,(H,25,27)(H,26,28);4-5,19H,1-3H3,(H,14,16)(H,15,17)/t19-;/m0./s1. The van der Waals surface area contributed by atoms with Gasteiger partial charge >= 0.3 is 0 Å². The molecule has 2 amide bonds. The number of ether oxygens (including phenoxy) is 2. The highest BCUT2D eigenvalue weighted by molar-refractivity contribution is 9.10. The molecule has 20 heteroatoms. The fourth-order valence-electron chi connectivity index (χ4n) is 5.27. The number of benzene rings is 3. The lowest BCUT2D eigenvalue weighted by Crippen LogP contribution is -2.26. The van der Waals surface area contributed by atoms with E-state index < -0.39 is 0 Å². The number of rotatable bonds is 10. The number of anilines is 6. The van der Waals surface area contributed by atoms with Crippen molar-refractivity contribution in [3.63, 3.8) is 0 Å². The van der Waals surface area contributed by atoms with E-state index in [-0.39, 0.29) is 52.7 Å². The van der Waals surface area contributed by atoms with Crippen molar-refractivity contribution in [1.29, 1.82) is 0 Å². The summed E-state index contributed by atoms with van der Waals surface area (Å²) in [5.41, 5.74) is 1.92. The fourth-order valence-corrected chi connectivity index (χ4v) is 7.24. The molecule has 0 unspecified atom stereocenters. The third kappa shape index (κ3) is 9.31. The van der Waals surface area contributed by atoms with Crippen LogP contribution in [0.2, 0.25) is 0 Å². The summed E-state index contributed by atoms with van der Waals surface area (Å²) in [4.78, 5) is 27.5. The van der Waals surface area contributed by atoms with E-state index in [9.17, 15) is 19.8 Å². The third-order valence-corrected chi connectivity index (χ3v) is 10.5. The summed E-state index contributed by atoms with van der Waals surface area (Å²) in [6.45, 7) is 6.59. The van der Waals surface area contributed by atoms with Gasteiger partial charge < -0.3 is 50.8 Å². The first-order valence-electron chi connectivity index (χ1n) is 16.5. The Morgan fingerprint density at radius 1 is 0.745 bits per heavy atom. The lowest BCUT2D eigenvalue weighted by atomic mass is 9.82. The molecule has 2 aromatic heterocycles. The first-order chi connectivity index (χ1) is 26.0. The van der Waals surface area contributed by atoms with Crippen molar-refractivity contribution in [2.45, 2.75) is 26.8 Å². The minimum absolute atomic E-state index is 0.129. The van der Waals surface area contributed by atoms with Gasteiger partial charge in [-0.15, -0.1) is 0 Å². The number of halogens is 2. The Bertz CT molecular complexity index is 2190. The van der Waals surface area contributed by atoms with E-state index in [2.05, 4.69) is 91.4 Å². The lowest BCUT2D eigenvalue weighted by Gasteiger charge is -2.32. The van der Waals surface area contributed by atoms with E-state index in [1.807, 2.05) is 18.2 Å². The highest BCUT2D eigenvalue weighted by Gasteiger charge is 2.30. The Kier molecular flexibility index (Phi) is 12.9. The number of nitrogens with zero attached hydrogens (tertiary/aromatic N) is 6. The summed E-state index contributed by atoms with van der Waals surface area (Å²) in [7, 11) is 8.23. The third-order valence-electron chi connectivity index (χ3n) is 8.09. The Labute approximate surface area is 343 Å². The molecule has 0 radical (unpaired) electrons. The average molecular weight is 921 g/mol. The molecule has 0 aliphatic carbocycles. The van der Waals surface area contributed by atoms with Crippen LogP contribution in [-0.2, 0) is 0 Å². The van der Waals surface area contributed by atoms with E-state index in [1.54, 1.807) is 59.5 Å². The maximum atomic E-state index is 12.6. The van der Waals surface area contributed by atoms with Crippen LogP contribution >= 0.6 is 55.3 Å². The first-order valence-corrected chi connectivity index (χ1v) is 19.6. The van der Waals surface area contributed by atoms with E-state index in [4.69, 9.17) is 9.47 Å². The molecule has 6 N–H and O–H groups in total. The monoisotopic (exact) mass is 918 g/mol. The molecule has 0 saturated carbocycles. The molecule has 0 saturated heterocycles. The molecule has 55 heavy (non-hydrogen) atoms. The Hall–Kier alpha value is -4.92. The number of nitrogens with one attached hydrogen (secondary N) is 4. The zero-order chi connectivity index (χ0) is 40.2. The van der Waals surface area contributed by atoms with Crippen LogP contribution in [0.15, 0.2) is 51.4 Å². The first kappa shape index (κ1) is 41.2. The second-order valence-electron chi connectivity index (χ2n) is 13.5. The molecular formula is C35H40Br2N10O6S2. The number of carbonyl (C=O) groups is 2. The molecule has 3 aromatic carbocycles. The zero-order valence-corrected chi connectivity index (χ0v) is 35.9. The molecule has 0 fully saturated rings. The molecule has 292 valence electrons. The number of aromatic nitrogens is 4. The second-order valence-corrected chi connectivity index (χ2v) is 16.3. The second kappa shape index (κ2) is 17.3. The van der Waals surface area contributed by atoms with Crippen LogP contribution in [-0.4, -0.2) is 91.4 Å². The van der Waals surface area contributed by atoms with Crippen molar-refractivity contribution in [1.82, 2.24) is 27.3 Å². The molecule has 6 rings (SSSR count). The topological polar surface area (TPSA) is 199 Å². The maximum absolute atomic E-state index is 12.6. The number of hydrogen-bond acceptors (Lipinski definition) is 16. The van der Waals surface area contributed by atoms with Gasteiger partial charge in [0.25, 0.3) is 11.8 Å². The van der Waals surface area contributed by atoms with Crippen LogP contribution in [0, 0.1) is 5.41 Å². The number of carbonyl (C=O) groups excluding carboxylic acids is 2. The minimum atomic E-state index is -0.321. The van der Waals surface area contributed by atoms with Crippen molar-refractivity contribution >= 4 is 102 Å². The van der Waals surface area contributed by atoms with Crippen molar-refractivity contribution in [3.8, 4) is 23.0 Å². The van der Waals surface area contributed by atoms with Crippen molar-refractivity contribution < 1.29 is 29.3 Å². The quantitative estimate of drug-likeness (QED) is 0.0740. The summed E-state index contributed by atoms with van der Waals surface area (Å²) < 4.78 is 29.0. The molecule has 0 spiro atoms. The van der Waals surface area contributed by atoms with Gasteiger partial charge in [-0.3, -0.25) is 9.59 Å². The molecule has 0 bridgehead atoms. The van der Waals surface area contributed by atoms with E-state index in [0.717, 1.165) is 34.8 Å². The van der Waals surface area contributed by atoms with E-state index in [0.29, 0.717) is 49.3 Å². The van der Waals surface area contributed by atoms with Crippen LogP contribution in [0.25, 0.3) is 0 Å². The summed E-state index contributed by atoms with van der Waals surface area (Å²) in [5, 5.41) is 33.6. The van der Waals surface area contributed by atoms with Crippen LogP contribution < -0.4 is 30.7 Å². The number of aromatic hydroxyl groups is 2. The number of fused-ring (bicyclic) bond motifs is 1. The molecule has 3 heterocycles. The van der Waals surface area contributed by atoms with Gasteiger partial charge in [0.15, 0.2) is 46.3 Å². The van der Waals surface area contributed by atoms with Gasteiger partial charge in [0.1, 0.15) is 0 Å². The van der Waals surface area contributed by atoms with Crippen LogP contribution in [0.4, 0.5) is 34.6 Å². The van der Waals surface area contributed by atoms with Crippen LogP contribution in [0.5, 0.6) is 23.0 Å².